The SMILES string of the molecule is COc1ccc(Cl)cc1COc1cccc(Cl)c1. The molecule has 0 N–H and O–H groups in total. The van der Waals surface area contributed by atoms with Crippen LogP contribution in [0.25, 0.3) is 0 Å². The fourth-order valence-corrected chi connectivity index (χ4v) is 1.95. The van der Waals surface area contributed by atoms with Crippen molar-refractivity contribution < 1.29 is 9.47 Å². The third-order valence-corrected chi connectivity index (χ3v) is 2.90. The van der Waals surface area contributed by atoms with Crippen LogP contribution in [-0.2, 0) is 6.61 Å². The molecule has 0 aliphatic rings. The summed E-state index contributed by atoms with van der Waals surface area (Å²) in [6.07, 6.45) is 0. The molecule has 0 spiro atoms. The van der Waals surface area contributed by atoms with E-state index in [4.69, 9.17) is 32.7 Å². The van der Waals surface area contributed by atoms with Crippen molar-refractivity contribution in [1.29, 1.82) is 0 Å². The van der Waals surface area contributed by atoms with Gasteiger partial charge in [0, 0.05) is 15.6 Å². The summed E-state index contributed by atoms with van der Waals surface area (Å²) in [6, 6.07) is 12.7. The molecule has 0 amide bonds. The monoisotopic (exact) mass is 282 g/mol. The predicted octanol–water partition coefficient (Wildman–Crippen LogP) is 4.58. The minimum atomic E-state index is 0.379. The Morgan fingerprint density at radius 2 is 1.78 bits per heavy atom. The molecule has 0 atom stereocenters. The van der Waals surface area contributed by atoms with E-state index < -0.39 is 0 Å². The van der Waals surface area contributed by atoms with Crippen LogP contribution in [0.4, 0.5) is 0 Å². The van der Waals surface area contributed by atoms with Gasteiger partial charge in [-0.15, -0.1) is 0 Å². The van der Waals surface area contributed by atoms with Gasteiger partial charge in [0.15, 0.2) is 0 Å². The van der Waals surface area contributed by atoms with Crippen molar-refractivity contribution >= 4 is 23.2 Å². The minimum absolute atomic E-state index is 0.379. The second-order valence-corrected chi connectivity index (χ2v) is 4.58. The van der Waals surface area contributed by atoms with E-state index in [9.17, 15) is 0 Å². The van der Waals surface area contributed by atoms with Gasteiger partial charge in [0.05, 0.1) is 7.11 Å². The summed E-state index contributed by atoms with van der Waals surface area (Å²) in [5.74, 6) is 1.46. The second-order valence-electron chi connectivity index (χ2n) is 3.70. The quantitative estimate of drug-likeness (QED) is 0.817. The van der Waals surface area contributed by atoms with Crippen LogP contribution in [0.2, 0.25) is 10.0 Å². The molecule has 0 radical (unpaired) electrons. The standard InChI is InChI=1S/C14H12Cl2O2/c1-17-14-6-5-12(16)7-10(14)9-18-13-4-2-3-11(15)8-13/h2-8H,9H2,1H3. The molecule has 0 aromatic heterocycles. The summed E-state index contributed by atoms with van der Waals surface area (Å²) in [4.78, 5) is 0. The van der Waals surface area contributed by atoms with Crippen LogP contribution < -0.4 is 9.47 Å². The first-order valence-electron chi connectivity index (χ1n) is 5.40. The van der Waals surface area contributed by atoms with Gasteiger partial charge in [-0.05, 0) is 36.4 Å². The summed E-state index contributed by atoms with van der Waals surface area (Å²) in [5.41, 5.74) is 0.893. The Morgan fingerprint density at radius 3 is 2.50 bits per heavy atom. The van der Waals surface area contributed by atoms with Crippen molar-refractivity contribution in [3.05, 3.63) is 58.1 Å². The summed E-state index contributed by atoms with van der Waals surface area (Å²) in [5, 5.41) is 1.30. The molecule has 0 aliphatic heterocycles. The molecule has 2 nitrogen and oxygen atoms in total. The number of hydrogen-bond acceptors (Lipinski definition) is 2. The molecule has 4 heteroatoms. The van der Waals surface area contributed by atoms with Crippen LogP contribution in [0.15, 0.2) is 42.5 Å². The summed E-state index contributed by atoms with van der Waals surface area (Å²) in [6.45, 7) is 0.379. The number of methoxy groups -OCH3 is 1. The fourth-order valence-electron chi connectivity index (χ4n) is 1.58. The Bertz CT molecular complexity index is 541. The first kappa shape index (κ1) is 13.1. The Hall–Kier alpha value is -1.38. The van der Waals surface area contributed by atoms with E-state index in [0.717, 1.165) is 11.3 Å². The summed E-state index contributed by atoms with van der Waals surface area (Å²) < 4.78 is 10.9. The van der Waals surface area contributed by atoms with Crippen molar-refractivity contribution in [2.45, 2.75) is 6.61 Å². The number of ether oxygens (including phenoxy) is 2. The van der Waals surface area contributed by atoms with Gasteiger partial charge in [0.25, 0.3) is 0 Å². The van der Waals surface area contributed by atoms with E-state index in [0.29, 0.717) is 22.4 Å². The third-order valence-electron chi connectivity index (χ3n) is 2.43. The van der Waals surface area contributed by atoms with Gasteiger partial charge < -0.3 is 9.47 Å². The molecule has 2 rings (SSSR count). The van der Waals surface area contributed by atoms with Crippen molar-refractivity contribution in [1.82, 2.24) is 0 Å². The lowest BCUT2D eigenvalue weighted by Gasteiger charge is -2.10. The van der Waals surface area contributed by atoms with Crippen LogP contribution in [0.5, 0.6) is 11.5 Å². The molecule has 0 saturated carbocycles. The Morgan fingerprint density at radius 1 is 1.00 bits per heavy atom. The second kappa shape index (κ2) is 5.98. The zero-order valence-corrected chi connectivity index (χ0v) is 11.3. The van der Waals surface area contributed by atoms with E-state index in [1.54, 1.807) is 25.3 Å². The van der Waals surface area contributed by atoms with E-state index in [1.165, 1.54) is 0 Å². The maximum absolute atomic E-state index is 5.95. The number of hydrogen-bond donors (Lipinski definition) is 0. The van der Waals surface area contributed by atoms with Gasteiger partial charge in [0.1, 0.15) is 18.1 Å². The largest absolute Gasteiger partial charge is 0.496 e. The Balaban J connectivity index is 2.12. The van der Waals surface area contributed by atoms with Gasteiger partial charge in [-0.2, -0.15) is 0 Å². The van der Waals surface area contributed by atoms with E-state index in [-0.39, 0.29) is 0 Å². The van der Waals surface area contributed by atoms with E-state index in [2.05, 4.69) is 0 Å². The van der Waals surface area contributed by atoms with Gasteiger partial charge in [-0.1, -0.05) is 29.3 Å². The molecule has 0 heterocycles. The minimum Gasteiger partial charge on any atom is -0.496 e. The average Bonchev–Trinajstić information content (AvgIpc) is 2.37. The first-order chi connectivity index (χ1) is 8.69. The molecule has 18 heavy (non-hydrogen) atoms. The predicted molar refractivity (Wildman–Crippen MR) is 73.8 cm³/mol. The lowest BCUT2D eigenvalue weighted by molar-refractivity contribution is 0.296. The lowest BCUT2D eigenvalue weighted by atomic mass is 10.2. The van der Waals surface area contributed by atoms with Crippen molar-refractivity contribution in [2.75, 3.05) is 7.11 Å². The molecule has 2 aromatic carbocycles. The van der Waals surface area contributed by atoms with Crippen LogP contribution in [0.3, 0.4) is 0 Å². The molecular weight excluding hydrogens is 271 g/mol. The number of rotatable bonds is 4. The zero-order valence-electron chi connectivity index (χ0n) is 9.82. The smallest absolute Gasteiger partial charge is 0.125 e. The zero-order chi connectivity index (χ0) is 13.0. The van der Waals surface area contributed by atoms with Crippen molar-refractivity contribution in [3.63, 3.8) is 0 Å². The highest BCUT2D eigenvalue weighted by Crippen LogP contribution is 2.25. The molecule has 94 valence electrons. The first-order valence-corrected chi connectivity index (χ1v) is 6.15. The lowest BCUT2D eigenvalue weighted by Crippen LogP contribution is -1.98. The molecule has 0 aliphatic carbocycles. The van der Waals surface area contributed by atoms with Crippen LogP contribution in [-0.4, -0.2) is 7.11 Å². The molecule has 0 saturated heterocycles. The Kier molecular flexibility index (Phi) is 4.34. The topological polar surface area (TPSA) is 18.5 Å². The van der Waals surface area contributed by atoms with Crippen LogP contribution in [0.1, 0.15) is 5.56 Å². The Labute approximate surface area is 116 Å². The highest BCUT2D eigenvalue weighted by molar-refractivity contribution is 6.31. The van der Waals surface area contributed by atoms with Crippen LogP contribution >= 0.6 is 23.2 Å². The van der Waals surface area contributed by atoms with Gasteiger partial charge in [-0.3, -0.25) is 0 Å². The summed E-state index contributed by atoms with van der Waals surface area (Å²) in [7, 11) is 1.62. The number of halogens is 2. The maximum atomic E-state index is 5.95. The highest BCUT2D eigenvalue weighted by atomic mass is 35.5. The molecule has 0 unspecified atom stereocenters. The number of benzene rings is 2. The van der Waals surface area contributed by atoms with Gasteiger partial charge in [-0.25, -0.2) is 0 Å². The normalized spacial score (nSPS) is 10.2. The van der Waals surface area contributed by atoms with Crippen LogP contribution in [0, 0.1) is 0 Å². The van der Waals surface area contributed by atoms with E-state index >= 15 is 0 Å². The van der Waals surface area contributed by atoms with Crippen molar-refractivity contribution in [3.8, 4) is 11.5 Å². The molecule has 0 bridgehead atoms. The molecule has 0 fully saturated rings. The maximum Gasteiger partial charge on any atom is 0.125 e. The van der Waals surface area contributed by atoms with Gasteiger partial charge >= 0.3 is 0 Å². The average molecular weight is 283 g/mol. The summed E-state index contributed by atoms with van der Waals surface area (Å²) >= 11 is 11.8. The van der Waals surface area contributed by atoms with E-state index in [1.807, 2.05) is 24.3 Å². The van der Waals surface area contributed by atoms with Crippen molar-refractivity contribution in [2.24, 2.45) is 0 Å². The highest BCUT2D eigenvalue weighted by Gasteiger charge is 2.05. The molecule has 2 aromatic rings. The molecular formula is C14H12Cl2O2. The third kappa shape index (κ3) is 3.31. The fraction of sp³-hybridized carbons (Fsp3) is 0.143. The van der Waals surface area contributed by atoms with Gasteiger partial charge in [0.2, 0.25) is 0 Å².